The summed E-state index contributed by atoms with van der Waals surface area (Å²) < 4.78 is 0. The van der Waals surface area contributed by atoms with Gasteiger partial charge >= 0.3 is 0 Å². The van der Waals surface area contributed by atoms with Crippen LogP contribution in [0, 0.1) is 11.8 Å². The van der Waals surface area contributed by atoms with Gasteiger partial charge in [0.05, 0.1) is 5.71 Å². The van der Waals surface area contributed by atoms with Crippen LogP contribution in [0.15, 0.2) is 29.4 Å². The molecule has 1 aliphatic carbocycles. The molecule has 1 fully saturated rings. The molecule has 20 heavy (non-hydrogen) atoms. The highest BCUT2D eigenvalue weighted by Crippen LogP contribution is 2.43. The monoisotopic (exact) mass is 311 g/mol. The first kappa shape index (κ1) is 13.4. The van der Waals surface area contributed by atoms with E-state index in [9.17, 15) is 9.59 Å². The van der Waals surface area contributed by atoms with Gasteiger partial charge in [0.25, 0.3) is 5.91 Å². The summed E-state index contributed by atoms with van der Waals surface area (Å²) >= 11 is 11.0. The molecule has 0 bridgehead atoms. The van der Waals surface area contributed by atoms with Gasteiger partial charge in [-0.2, -0.15) is 5.10 Å². The van der Waals surface area contributed by atoms with Crippen molar-refractivity contribution in [2.45, 2.75) is 11.3 Å². The number of hydrazone groups is 1. The molecule has 2 aliphatic rings. The number of amides is 2. The van der Waals surface area contributed by atoms with E-state index in [4.69, 9.17) is 23.2 Å². The zero-order chi connectivity index (χ0) is 14.3. The average Bonchev–Trinajstić information content (AvgIpc) is 3.20. The Morgan fingerprint density at radius 3 is 2.95 bits per heavy atom. The van der Waals surface area contributed by atoms with Gasteiger partial charge in [0.1, 0.15) is 0 Å². The summed E-state index contributed by atoms with van der Waals surface area (Å²) in [5, 5.41) is 6.72. The number of anilines is 1. The summed E-state index contributed by atoms with van der Waals surface area (Å²) in [5.41, 5.74) is 4.83. The molecule has 0 radical (unpaired) electrons. The maximum Gasteiger partial charge on any atom is 0.257 e. The fourth-order valence-corrected chi connectivity index (χ4v) is 2.41. The van der Waals surface area contributed by atoms with Gasteiger partial charge in [-0.3, -0.25) is 9.59 Å². The third kappa shape index (κ3) is 2.51. The van der Waals surface area contributed by atoms with Crippen LogP contribution in [-0.2, 0) is 9.59 Å². The van der Waals surface area contributed by atoms with Crippen molar-refractivity contribution in [3.05, 3.63) is 29.8 Å². The summed E-state index contributed by atoms with van der Waals surface area (Å²) in [6.45, 7) is 0. The maximum atomic E-state index is 11.5. The smallest absolute Gasteiger partial charge is 0.257 e. The molecule has 3 rings (SSSR count). The van der Waals surface area contributed by atoms with Crippen molar-refractivity contribution in [2.24, 2.45) is 16.9 Å². The lowest BCUT2D eigenvalue weighted by Crippen LogP contribution is -2.28. The Bertz CT molecular complexity index is 615. The highest BCUT2D eigenvalue weighted by Gasteiger charge is 2.49. The van der Waals surface area contributed by atoms with Gasteiger partial charge in [-0.15, -0.1) is 0 Å². The summed E-state index contributed by atoms with van der Waals surface area (Å²) in [4.78, 5) is 21.7. The normalized spacial score (nSPS) is 23.8. The summed E-state index contributed by atoms with van der Waals surface area (Å²) in [7, 11) is 0. The second kappa shape index (κ2) is 5.07. The van der Waals surface area contributed by atoms with Gasteiger partial charge in [0.2, 0.25) is 5.91 Å². The van der Waals surface area contributed by atoms with Crippen LogP contribution in [-0.4, -0.2) is 22.4 Å². The summed E-state index contributed by atoms with van der Waals surface area (Å²) in [6, 6.07) is 7.22. The molecule has 2 unspecified atom stereocenters. The van der Waals surface area contributed by atoms with E-state index in [2.05, 4.69) is 15.8 Å². The quantitative estimate of drug-likeness (QED) is 0.837. The van der Waals surface area contributed by atoms with Gasteiger partial charge in [0.15, 0.2) is 4.84 Å². The number of hydrogen-bond donors (Lipinski definition) is 2. The molecular formula is C13H11Cl2N3O2. The Kier molecular flexibility index (Phi) is 3.40. The van der Waals surface area contributed by atoms with Crippen molar-refractivity contribution in [1.82, 2.24) is 5.43 Å². The maximum absolute atomic E-state index is 11.5. The lowest BCUT2D eigenvalue weighted by atomic mass is 10.0. The van der Waals surface area contributed by atoms with Gasteiger partial charge in [-0.25, -0.2) is 5.43 Å². The third-order valence-corrected chi connectivity index (χ3v) is 3.79. The van der Waals surface area contributed by atoms with E-state index in [-0.39, 0.29) is 17.7 Å². The standard InChI is InChI=1S/C13H11Cl2N3O2/c14-11(15)13(20)16-7-3-1-2-6(4-7)10-8-5-9(8)12(19)18-17-10/h1-4,8-9,11H,5H2,(H,16,20)(H,18,19). The zero-order valence-electron chi connectivity index (χ0n) is 10.3. The van der Waals surface area contributed by atoms with Crippen LogP contribution in [0.3, 0.4) is 0 Å². The average molecular weight is 312 g/mol. The minimum absolute atomic E-state index is 0.0182. The molecular weight excluding hydrogens is 301 g/mol. The predicted molar refractivity (Wildman–Crippen MR) is 76.8 cm³/mol. The molecule has 1 aliphatic heterocycles. The summed E-state index contributed by atoms with van der Waals surface area (Å²) in [5.74, 6) is -0.275. The van der Waals surface area contributed by atoms with E-state index in [0.717, 1.165) is 17.7 Å². The highest BCUT2D eigenvalue weighted by atomic mass is 35.5. The van der Waals surface area contributed by atoms with Gasteiger partial charge in [-0.05, 0) is 18.6 Å². The second-order valence-electron chi connectivity index (χ2n) is 4.79. The molecule has 1 heterocycles. The number of rotatable bonds is 3. The number of carbonyl (C=O) groups is 2. The van der Waals surface area contributed by atoms with Gasteiger partial charge in [-0.1, -0.05) is 35.3 Å². The molecule has 1 aromatic carbocycles. The van der Waals surface area contributed by atoms with Crippen molar-refractivity contribution < 1.29 is 9.59 Å². The Morgan fingerprint density at radius 1 is 1.40 bits per heavy atom. The number of nitrogens with one attached hydrogen (secondary N) is 2. The number of hydrogen-bond acceptors (Lipinski definition) is 3. The van der Waals surface area contributed by atoms with E-state index in [0.29, 0.717) is 5.69 Å². The van der Waals surface area contributed by atoms with Crippen LogP contribution in [0.4, 0.5) is 5.69 Å². The zero-order valence-corrected chi connectivity index (χ0v) is 11.8. The predicted octanol–water partition coefficient (Wildman–Crippen LogP) is 1.90. The van der Waals surface area contributed by atoms with Crippen molar-refractivity contribution in [1.29, 1.82) is 0 Å². The van der Waals surface area contributed by atoms with Crippen LogP contribution in [0.25, 0.3) is 0 Å². The van der Waals surface area contributed by atoms with Crippen LogP contribution < -0.4 is 10.7 Å². The van der Waals surface area contributed by atoms with Gasteiger partial charge in [0, 0.05) is 23.1 Å². The van der Waals surface area contributed by atoms with E-state index in [1.54, 1.807) is 18.2 Å². The molecule has 0 saturated heterocycles. The van der Waals surface area contributed by atoms with E-state index in [1.165, 1.54) is 0 Å². The molecule has 2 N–H and O–H groups in total. The first-order valence-electron chi connectivity index (χ1n) is 6.13. The number of alkyl halides is 2. The molecule has 2 amide bonds. The Balaban J connectivity index is 1.82. The summed E-state index contributed by atoms with van der Waals surface area (Å²) in [6.07, 6.45) is 0.826. The SMILES string of the molecule is O=C(Nc1cccc(C2=NNC(=O)C3CC23)c1)C(Cl)Cl. The Labute approximate surface area is 125 Å². The lowest BCUT2D eigenvalue weighted by molar-refractivity contribution is -0.122. The van der Waals surface area contributed by atoms with Crippen molar-refractivity contribution in [3.8, 4) is 0 Å². The first-order valence-corrected chi connectivity index (χ1v) is 7.00. The molecule has 2 atom stereocenters. The second-order valence-corrected chi connectivity index (χ2v) is 5.89. The first-order chi connectivity index (χ1) is 9.56. The fraction of sp³-hybridized carbons (Fsp3) is 0.308. The minimum atomic E-state index is -1.11. The largest absolute Gasteiger partial charge is 0.324 e. The van der Waals surface area contributed by atoms with E-state index in [1.807, 2.05) is 6.07 Å². The fourth-order valence-electron chi connectivity index (χ4n) is 2.30. The number of fused-ring (bicyclic) bond motifs is 1. The molecule has 0 aromatic heterocycles. The van der Waals surface area contributed by atoms with E-state index < -0.39 is 10.7 Å². The molecule has 0 spiro atoms. The van der Waals surface area contributed by atoms with Gasteiger partial charge < -0.3 is 5.32 Å². The minimum Gasteiger partial charge on any atom is -0.324 e. The lowest BCUT2D eigenvalue weighted by Gasteiger charge is -2.13. The number of benzene rings is 1. The van der Waals surface area contributed by atoms with Crippen molar-refractivity contribution in [3.63, 3.8) is 0 Å². The van der Waals surface area contributed by atoms with Crippen molar-refractivity contribution in [2.75, 3.05) is 5.32 Å². The number of halogens is 2. The van der Waals surface area contributed by atoms with Crippen LogP contribution in [0.5, 0.6) is 0 Å². The Hall–Kier alpha value is -1.59. The highest BCUT2D eigenvalue weighted by molar-refractivity contribution is 6.54. The molecule has 1 saturated carbocycles. The molecule has 1 aromatic rings. The molecule has 7 heteroatoms. The van der Waals surface area contributed by atoms with Crippen LogP contribution in [0.2, 0.25) is 0 Å². The molecule has 5 nitrogen and oxygen atoms in total. The third-order valence-electron chi connectivity index (χ3n) is 3.39. The molecule has 104 valence electrons. The Morgan fingerprint density at radius 2 is 2.20 bits per heavy atom. The van der Waals surface area contributed by atoms with Crippen LogP contribution >= 0.6 is 23.2 Å². The van der Waals surface area contributed by atoms with Crippen molar-refractivity contribution >= 4 is 46.4 Å². The van der Waals surface area contributed by atoms with E-state index >= 15 is 0 Å². The topological polar surface area (TPSA) is 70.6 Å². The number of carbonyl (C=O) groups excluding carboxylic acids is 2. The van der Waals surface area contributed by atoms with Crippen LogP contribution in [0.1, 0.15) is 12.0 Å². The number of nitrogens with zero attached hydrogens (tertiary/aromatic N) is 1.